The fourth-order valence-electron chi connectivity index (χ4n) is 2.07. The molecular formula is C16H18ClFN2O4. The molecule has 0 saturated heterocycles. The summed E-state index contributed by atoms with van der Waals surface area (Å²) in [6, 6.07) is 3.19. The molecule has 0 amide bonds. The number of carbonyl (C=O) groups is 2. The van der Waals surface area contributed by atoms with Crippen LogP contribution in [0.1, 0.15) is 12.5 Å². The van der Waals surface area contributed by atoms with Gasteiger partial charge in [0.15, 0.2) is 0 Å². The van der Waals surface area contributed by atoms with Crippen LogP contribution in [0.2, 0.25) is 5.02 Å². The van der Waals surface area contributed by atoms with Gasteiger partial charge < -0.3 is 20.5 Å². The zero-order chi connectivity index (χ0) is 18.4. The van der Waals surface area contributed by atoms with Gasteiger partial charge >= 0.3 is 11.9 Å². The maximum atomic E-state index is 13.3. The Kier molecular flexibility index (Phi) is 6.94. The van der Waals surface area contributed by atoms with Crippen LogP contribution in [0.3, 0.4) is 0 Å². The van der Waals surface area contributed by atoms with E-state index in [0.717, 1.165) is 16.5 Å². The van der Waals surface area contributed by atoms with Gasteiger partial charge in [-0.3, -0.25) is 0 Å². The molecule has 1 aromatic heterocycles. The molecule has 1 heterocycles. The smallest absolute Gasteiger partial charge is 0.328 e. The molecular weight excluding hydrogens is 339 g/mol. The first-order valence-electron chi connectivity index (χ1n) is 6.95. The molecule has 0 bridgehead atoms. The lowest BCUT2D eigenvalue weighted by molar-refractivity contribution is -0.134. The average molecular weight is 357 g/mol. The summed E-state index contributed by atoms with van der Waals surface area (Å²) in [5, 5.41) is 16.7. The second kappa shape index (κ2) is 8.47. The van der Waals surface area contributed by atoms with Crippen molar-refractivity contribution < 1.29 is 24.2 Å². The summed E-state index contributed by atoms with van der Waals surface area (Å²) in [7, 11) is 0. The van der Waals surface area contributed by atoms with Crippen LogP contribution in [0, 0.1) is 12.7 Å². The predicted molar refractivity (Wildman–Crippen MR) is 89.7 cm³/mol. The molecule has 1 unspecified atom stereocenters. The molecule has 0 radical (unpaired) electrons. The fourth-order valence-corrected chi connectivity index (χ4v) is 2.22. The van der Waals surface area contributed by atoms with Crippen LogP contribution in [0.5, 0.6) is 0 Å². The molecule has 130 valence electrons. The van der Waals surface area contributed by atoms with Crippen LogP contribution in [-0.2, 0) is 16.1 Å². The zero-order valence-corrected chi connectivity index (χ0v) is 13.9. The highest BCUT2D eigenvalue weighted by molar-refractivity contribution is 6.31. The van der Waals surface area contributed by atoms with Gasteiger partial charge in [-0.15, -0.1) is 0 Å². The number of halogens is 2. The highest BCUT2D eigenvalue weighted by atomic mass is 35.5. The molecule has 24 heavy (non-hydrogen) atoms. The molecule has 0 aliphatic rings. The Morgan fingerprint density at radius 1 is 1.33 bits per heavy atom. The van der Waals surface area contributed by atoms with E-state index in [1.54, 1.807) is 6.07 Å². The van der Waals surface area contributed by atoms with Gasteiger partial charge in [-0.1, -0.05) is 11.6 Å². The molecule has 0 saturated carbocycles. The number of nitrogens with zero attached hydrogens (tertiary/aromatic N) is 1. The van der Waals surface area contributed by atoms with Crippen LogP contribution >= 0.6 is 11.6 Å². The van der Waals surface area contributed by atoms with Crippen molar-refractivity contribution >= 4 is 34.4 Å². The van der Waals surface area contributed by atoms with Crippen LogP contribution in [-0.4, -0.2) is 32.8 Å². The number of nitrogens with two attached hydrogens (primary N) is 1. The zero-order valence-electron chi connectivity index (χ0n) is 13.2. The number of hydrogen-bond donors (Lipinski definition) is 3. The number of carboxylic acid groups (broad SMARTS) is 2. The molecule has 1 aromatic carbocycles. The van der Waals surface area contributed by atoms with E-state index in [2.05, 4.69) is 0 Å². The van der Waals surface area contributed by atoms with Crippen molar-refractivity contribution in [3.05, 3.63) is 46.9 Å². The van der Waals surface area contributed by atoms with Crippen LogP contribution in [0.4, 0.5) is 4.39 Å². The third-order valence-electron chi connectivity index (χ3n) is 2.98. The molecule has 4 N–H and O–H groups in total. The SMILES string of the molecule is Cc1cn(CC(C)N)c2cc(Cl)c(F)cc12.O=C(O)/C=C/C(=O)O. The van der Waals surface area contributed by atoms with E-state index < -0.39 is 11.9 Å². The summed E-state index contributed by atoms with van der Waals surface area (Å²) >= 11 is 5.79. The Hall–Kier alpha value is -2.38. The number of hydrogen-bond acceptors (Lipinski definition) is 3. The lowest BCUT2D eigenvalue weighted by Gasteiger charge is -2.08. The summed E-state index contributed by atoms with van der Waals surface area (Å²) in [6.45, 7) is 4.59. The van der Waals surface area contributed by atoms with E-state index in [0.29, 0.717) is 18.7 Å². The van der Waals surface area contributed by atoms with Gasteiger partial charge in [0.1, 0.15) is 5.82 Å². The standard InChI is InChI=1S/C12H14ClFN2.C4H4O4/c1-7-5-16(6-8(2)15)12-4-10(13)11(14)3-9(7)12;5-3(6)1-2-4(7)8/h3-5,8H,6,15H2,1-2H3;1-2H,(H,5,6)(H,7,8)/b;2-1+. The number of fused-ring (bicyclic) bond motifs is 1. The molecule has 0 aliphatic heterocycles. The Morgan fingerprint density at radius 2 is 1.88 bits per heavy atom. The number of aromatic nitrogens is 1. The van der Waals surface area contributed by atoms with E-state index in [1.165, 1.54) is 6.07 Å². The summed E-state index contributed by atoms with van der Waals surface area (Å²) in [5.41, 5.74) is 7.73. The Bertz CT molecular complexity index is 768. The topological polar surface area (TPSA) is 106 Å². The van der Waals surface area contributed by atoms with Crippen molar-refractivity contribution in [1.29, 1.82) is 0 Å². The van der Waals surface area contributed by atoms with E-state index in [9.17, 15) is 14.0 Å². The van der Waals surface area contributed by atoms with E-state index in [4.69, 9.17) is 27.5 Å². The van der Waals surface area contributed by atoms with Gasteiger partial charge in [-0.25, -0.2) is 14.0 Å². The Balaban J connectivity index is 0.000000307. The minimum Gasteiger partial charge on any atom is -0.478 e. The fraction of sp³-hybridized carbons (Fsp3) is 0.250. The minimum absolute atomic E-state index is 0.0545. The lowest BCUT2D eigenvalue weighted by Crippen LogP contribution is -2.21. The third kappa shape index (κ3) is 5.68. The summed E-state index contributed by atoms with van der Waals surface area (Å²) in [6.07, 6.45) is 3.09. The Labute approximate surface area is 142 Å². The minimum atomic E-state index is -1.26. The monoisotopic (exact) mass is 356 g/mol. The van der Waals surface area contributed by atoms with Crippen molar-refractivity contribution in [2.24, 2.45) is 5.73 Å². The van der Waals surface area contributed by atoms with Crippen LogP contribution in [0.15, 0.2) is 30.5 Å². The van der Waals surface area contributed by atoms with Crippen molar-refractivity contribution in [3.8, 4) is 0 Å². The molecule has 6 nitrogen and oxygen atoms in total. The second-order valence-electron chi connectivity index (χ2n) is 5.24. The molecule has 0 aliphatic carbocycles. The highest BCUT2D eigenvalue weighted by Crippen LogP contribution is 2.26. The number of benzene rings is 1. The largest absolute Gasteiger partial charge is 0.478 e. The number of carboxylic acids is 2. The van der Waals surface area contributed by atoms with Crippen molar-refractivity contribution in [1.82, 2.24) is 4.57 Å². The predicted octanol–water partition coefficient (Wildman–Crippen LogP) is 2.80. The van der Waals surface area contributed by atoms with Crippen molar-refractivity contribution in [3.63, 3.8) is 0 Å². The number of aryl methyl sites for hydroxylation is 1. The van der Waals surface area contributed by atoms with E-state index >= 15 is 0 Å². The van der Waals surface area contributed by atoms with Crippen LogP contribution in [0.25, 0.3) is 10.9 Å². The molecule has 2 aromatic rings. The van der Waals surface area contributed by atoms with Gasteiger partial charge in [-0.2, -0.15) is 0 Å². The average Bonchev–Trinajstić information content (AvgIpc) is 2.73. The van der Waals surface area contributed by atoms with Gasteiger partial charge in [0.25, 0.3) is 0 Å². The summed E-state index contributed by atoms with van der Waals surface area (Å²) in [5.74, 6) is -2.89. The van der Waals surface area contributed by atoms with Gasteiger partial charge in [0.2, 0.25) is 0 Å². The van der Waals surface area contributed by atoms with E-state index in [-0.39, 0.29) is 16.9 Å². The van der Waals surface area contributed by atoms with E-state index in [1.807, 2.05) is 24.6 Å². The maximum Gasteiger partial charge on any atom is 0.328 e. The first-order chi connectivity index (χ1) is 11.1. The van der Waals surface area contributed by atoms with Gasteiger partial charge in [-0.05, 0) is 31.5 Å². The number of aliphatic carboxylic acids is 2. The quantitative estimate of drug-likeness (QED) is 0.730. The van der Waals surface area contributed by atoms with Crippen LogP contribution < -0.4 is 5.73 Å². The first-order valence-corrected chi connectivity index (χ1v) is 7.33. The Morgan fingerprint density at radius 3 is 2.33 bits per heavy atom. The first kappa shape index (κ1) is 19.7. The summed E-state index contributed by atoms with van der Waals surface area (Å²) in [4.78, 5) is 19.1. The van der Waals surface area contributed by atoms with Crippen molar-refractivity contribution in [2.45, 2.75) is 26.4 Å². The maximum absolute atomic E-state index is 13.3. The van der Waals surface area contributed by atoms with Gasteiger partial charge in [0, 0.05) is 36.3 Å². The molecule has 0 spiro atoms. The third-order valence-corrected chi connectivity index (χ3v) is 3.27. The summed E-state index contributed by atoms with van der Waals surface area (Å²) < 4.78 is 15.3. The van der Waals surface area contributed by atoms with Crippen molar-refractivity contribution in [2.75, 3.05) is 0 Å². The molecule has 2 rings (SSSR count). The van der Waals surface area contributed by atoms with Gasteiger partial charge in [0.05, 0.1) is 10.5 Å². The molecule has 1 atom stereocenters. The molecule has 8 heteroatoms. The highest BCUT2D eigenvalue weighted by Gasteiger charge is 2.10. The molecule has 0 fully saturated rings. The second-order valence-corrected chi connectivity index (χ2v) is 5.64. The number of rotatable bonds is 4. The normalized spacial score (nSPS) is 12.0. The lowest BCUT2D eigenvalue weighted by atomic mass is 10.2.